The second-order valence-corrected chi connectivity index (χ2v) is 5.92. The van der Waals surface area contributed by atoms with Crippen LogP contribution < -0.4 is 4.74 Å². The molecule has 1 aromatic rings. The zero-order valence-corrected chi connectivity index (χ0v) is 14.8. The molecule has 0 aliphatic rings. The molecule has 4 nitrogen and oxygen atoms in total. The minimum absolute atomic E-state index is 0.0366. The molecule has 0 unspecified atom stereocenters. The van der Waals surface area contributed by atoms with E-state index in [1.165, 1.54) is 6.07 Å². The first-order chi connectivity index (χ1) is 10.4. The number of halogens is 4. The molecular weight excluding hydrogens is 374 g/mol. The van der Waals surface area contributed by atoms with Gasteiger partial charge in [-0.3, -0.25) is 9.59 Å². The van der Waals surface area contributed by atoms with Crippen molar-refractivity contribution in [3.63, 3.8) is 0 Å². The second kappa shape index (κ2) is 9.46. The van der Waals surface area contributed by atoms with Gasteiger partial charge in [0, 0.05) is 0 Å². The van der Waals surface area contributed by atoms with Crippen molar-refractivity contribution in [3.8, 4) is 5.75 Å². The summed E-state index contributed by atoms with van der Waals surface area (Å²) in [5.41, 5.74) is 0. The third kappa shape index (κ3) is 5.84. The summed E-state index contributed by atoms with van der Waals surface area (Å²) in [6.45, 7) is 2.32. The van der Waals surface area contributed by atoms with E-state index in [4.69, 9.17) is 55.9 Å². The number of ether oxygens (including phenoxy) is 2. The van der Waals surface area contributed by atoms with Crippen molar-refractivity contribution in [1.29, 1.82) is 0 Å². The summed E-state index contributed by atoms with van der Waals surface area (Å²) >= 11 is 23.5. The fraction of sp³-hybridized carbons (Fsp3) is 0.429. The average molecular weight is 388 g/mol. The number of hydrogen-bond acceptors (Lipinski definition) is 4. The Labute approximate surface area is 148 Å². The van der Waals surface area contributed by atoms with Gasteiger partial charge in [0.2, 0.25) is 0 Å². The van der Waals surface area contributed by atoms with E-state index in [0.717, 1.165) is 12.8 Å². The molecule has 0 bridgehead atoms. The quantitative estimate of drug-likeness (QED) is 0.208. The molecule has 0 aliphatic carbocycles. The summed E-state index contributed by atoms with van der Waals surface area (Å²) in [6.07, 6.45) is 1.46. The monoisotopic (exact) mass is 386 g/mol. The SMILES string of the molecule is CCCCOC(=O)CCC(=O)Oc1c(Cl)cc(Cl)c(Cl)c1Cl. The highest BCUT2D eigenvalue weighted by Gasteiger charge is 2.18. The Morgan fingerprint density at radius 2 is 1.64 bits per heavy atom. The van der Waals surface area contributed by atoms with Crippen LogP contribution in [0.25, 0.3) is 0 Å². The lowest BCUT2D eigenvalue weighted by Crippen LogP contribution is -2.13. The Kier molecular flexibility index (Phi) is 8.33. The molecule has 1 aromatic carbocycles. The van der Waals surface area contributed by atoms with Crippen molar-refractivity contribution in [1.82, 2.24) is 0 Å². The number of rotatable bonds is 7. The van der Waals surface area contributed by atoms with Crippen LogP contribution in [0.1, 0.15) is 32.6 Å². The Hall–Kier alpha value is -0.680. The fourth-order valence-electron chi connectivity index (χ4n) is 1.41. The van der Waals surface area contributed by atoms with Gasteiger partial charge in [-0.1, -0.05) is 59.7 Å². The third-order valence-electron chi connectivity index (χ3n) is 2.58. The van der Waals surface area contributed by atoms with Crippen LogP contribution in [-0.2, 0) is 14.3 Å². The van der Waals surface area contributed by atoms with Gasteiger partial charge in [0.05, 0.1) is 34.5 Å². The molecule has 0 heterocycles. The Morgan fingerprint density at radius 3 is 2.27 bits per heavy atom. The summed E-state index contributed by atoms with van der Waals surface area (Å²) in [4.78, 5) is 23.1. The van der Waals surface area contributed by atoms with E-state index in [1.54, 1.807) is 0 Å². The molecule has 0 saturated carbocycles. The van der Waals surface area contributed by atoms with Gasteiger partial charge in [-0.25, -0.2) is 0 Å². The molecule has 0 saturated heterocycles. The maximum absolute atomic E-state index is 11.7. The van der Waals surface area contributed by atoms with Gasteiger partial charge in [-0.15, -0.1) is 0 Å². The highest BCUT2D eigenvalue weighted by atomic mass is 35.5. The fourth-order valence-corrected chi connectivity index (χ4v) is 2.40. The largest absolute Gasteiger partial charge is 0.466 e. The van der Waals surface area contributed by atoms with Gasteiger partial charge in [0.25, 0.3) is 0 Å². The van der Waals surface area contributed by atoms with Gasteiger partial charge < -0.3 is 9.47 Å². The predicted molar refractivity (Wildman–Crippen MR) is 87.2 cm³/mol. The highest BCUT2D eigenvalue weighted by molar-refractivity contribution is 6.50. The first-order valence-corrected chi connectivity index (χ1v) is 8.07. The van der Waals surface area contributed by atoms with Crippen molar-refractivity contribution in [3.05, 3.63) is 26.2 Å². The predicted octanol–water partition coefficient (Wildman–Crippen LogP) is 5.33. The summed E-state index contributed by atoms with van der Waals surface area (Å²) in [6, 6.07) is 1.32. The molecule has 22 heavy (non-hydrogen) atoms. The summed E-state index contributed by atoms with van der Waals surface area (Å²) < 4.78 is 9.96. The maximum atomic E-state index is 11.7. The maximum Gasteiger partial charge on any atom is 0.311 e. The van der Waals surface area contributed by atoms with Crippen LogP contribution in [0, 0.1) is 0 Å². The third-order valence-corrected chi connectivity index (χ3v) is 4.11. The molecule has 0 spiro atoms. The molecule has 0 fully saturated rings. The van der Waals surface area contributed by atoms with Gasteiger partial charge in [-0.05, 0) is 12.5 Å². The Bertz CT molecular complexity index is 560. The number of carbonyl (C=O) groups excluding carboxylic acids is 2. The van der Waals surface area contributed by atoms with Gasteiger partial charge in [0.15, 0.2) is 5.75 Å². The first-order valence-electron chi connectivity index (χ1n) is 6.56. The molecule has 0 aromatic heterocycles. The molecule has 0 N–H and O–H groups in total. The standard InChI is InChI=1S/C14H14Cl4O4/c1-2-3-6-21-10(19)4-5-11(20)22-14-9(16)7-8(15)12(17)13(14)18/h7H,2-6H2,1H3. The van der Waals surface area contributed by atoms with Crippen molar-refractivity contribution < 1.29 is 19.1 Å². The first kappa shape index (κ1) is 19.4. The molecule has 122 valence electrons. The smallest absolute Gasteiger partial charge is 0.311 e. The van der Waals surface area contributed by atoms with E-state index in [0.29, 0.717) is 6.61 Å². The lowest BCUT2D eigenvalue weighted by atomic mass is 10.3. The van der Waals surface area contributed by atoms with Crippen LogP contribution in [-0.4, -0.2) is 18.5 Å². The Balaban J connectivity index is 2.56. The summed E-state index contributed by atoms with van der Waals surface area (Å²) in [7, 11) is 0. The zero-order chi connectivity index (χ0) is 16.7. The molecule has 0 atom stereocenters. The van der Waals surface area contributed by atoms with E-state index in [-0.39, 0.29) is 38.7 Å². The van der Waals surface area contributed by atoms with Crippen molar-refractivity contribution in [2.24, 2.45) is 0 Å². The van der Waals surface area contributed by atoms with Crippen LogP contribution in [0.3, 0.4) is 0 Å². The zero-order valence-electron chi connectivity index (χ0n) is 11.8. The van der Waals surface area contributed by atoms with E-state index >= 15 is 0 Å². The van der Waals surface area contributed by atoms with E-state index < -0.39 is 11.9 Å². The van der Waals surface area contributed by atoms with Crippen molar-refractivity contribution >= 4 is 58.3 Å². The lowest BCUT2D eigenvalue weighted by Gasteiger charge is -2.10. The van der Waals surface area contributed by atoms with Crippen LogP contribution in [0.4, 0.5) is 0 Å². The van der Waals surface area contributed by atoms with Crippen LogP contribution in [0.15, 0.2) is 6.07 Å². The molecule has 1 rings (SSSR count). The van der Waals surface area contributed by atoms with Crippen LogP contribution in [0.2, 0.25) is 20.1 Å². The van der Waals surface area contributed by atoms with E-state index in [1.807, 2.05) is 6.92 Å². The van der Waals surface area contributed by atoms with Crippen LogP contribution >= 0.6 is 46.4 Å². The minimum Gasteiger partial charge on any atom is -0.466 e. The molecule has 8 heteroatoms. The molecule has 0 amide bonds. The second-order valence-electron chi connectivity index (χ2n) is 4.35. The minimum atomic E-state index is -0.672. The summed E-state index contributed by atoms with van der Waals surface area (Å²) in [5, 5.41) is 0.182. The molecular formula is C14H14Cl4O4. The number of esters is 2. The highest BCUT2D eigenvalue weighted by Crippen LogP contribution is 2.42. The van der Waals surface area contributed by atoms with Gasteiger partial charge in [-0.2, -0.15) is 0 Å². The normalized spacial score (nSPS) is 10.4. The Morgan fingerprint density at radius 1 is 1.00 bits per heavy atom. The van der Waals surface area contributed by atoms with Crippen molar-refractivity contribution in [2.45, 2.75) is 32.6 Å². The van der Waals surface area contributed by atoms with Gasteiger partial charge in [0.1, 0.15) is 5.02 Å². The van der Waals surface area contributed by atoms with E-state index in [9.17, 15) is 9.59 Å². The number of benzene rings is 1. The van der Waals surface area contributed by atoms with E-state index in [2.05, 4.69) is 0 Å². The van der Waals surface area contributed by atoms with Crippen molar-refractivity contribution in [2.75, 3.05) is 6.61 Å². The number of carbonyl (C=O) groups is 2. The van der Waals surface area contributed by atoms with Gasteiger partial charge >= 0.3 is 11.9 Å². The number of hydrogen-bond donors (Lipinski definition) is 0. The number of unbranched alkanes of at least 4 members (excludes halogenated alkanes) is 1. The molecule has 0 radical (unpaired) electrons. The average Bonchev–Trinajstić information content (AvgIpc) is 2.47. The molecule has 0 aliphatic heterocycles. The lowest BCUT2D eigenvalue weighted by molar-refractivity contribution is -0.147. The van der Waals surface area contributed by atoms with Crippen LogP contribution in [0.5, 0.6) is 5.75 Å². The summed E-state index contributed by atoms with van der Waals surface area (Å²) in [5.74, 6) is -1.21. The topological polar surface area (TPSA) is 52.6 Å².